The molecular formula is C14H14O4. The van der Waals surface area contributed by atoms with Crippen LogP contribution in [-0.4, -0.2) is 16.9 Å². The highest BCUT2D eigenvalue weighted by Crippen LogP contribution is 2.26. The van der Waals surface area contributed by atoms with Crippen LogP contribution >= 0.6 is 0 Å². The molecule has 0 saturated heterocycles. The molecule has 1 aliphatic heterocycles. The summed E-state index contributed by atoms with van der Waals surface area (Å²) in [4.78, 5) is 11.7. The lowest BCUT2D eigenvalue weighted by Gasteiger charge is -2.29. The van der Waals surface area contributed by atoms with Crippen molar-refractivity contribution in [3.63, 3.8) is 0 Å². The van der Waals surface area contributed by atoms with Crippen LogP contribution in [0.25, 0.3) is 6.08 Å². The number of aliphatic hydroxyl groups excluding tert-OH is 1. The predicted molar refractivity (Wildman–Crippen MR) is 66.4 cm³/mol. The SMILES string of the molecule is CC1(C)OC(=O)C(/C=C/c2ccccc2)=C(O)O1. The molecular weight excluding hydrogens is 232 g/mol. The van der Waals surface area contributed by atoms with Crippen molar-refractivity contribution in [1.82, 2.24) is 0 Å². The molecule has 0 aromatic heterocycles. The maximum Gasteiger partial charge on any atom is 0.348 e. The molecule has 0 radical (unpaired) electrons. The highest BCUT2D eigenvalue weighted by Gasteiger charge is 2.34. The Labute approximate surface area is 105 Å². The number of carbonyl (C=O) groups excluding carboxylic acids is 1. The summed E-state index contributed by atoms with van der Waals surface area (Å²) < 4.78 is 10.1. The zero-order valence-corrected chi connectivity index (χ0v) is 10.2. The lowest BCUT2D eigenvalue weighted by molar-refractivity contribution is -0.221. The first kappa shape index (κ1) is 12.2. The molecule has 0 amide bonds. The molecule has 0 unspecified atom stereocenters. The van der Waals surface area contributed by atoms with Crippen LogP contribution in [0.5, 0.6) is 0 Å². The molecule has 1 aromatic carbocycles. The Morgan fingerprint density at radius 1 is 1.11 bits per heavy atom. The van der Waals surface area contributed by atoms with E-state index >= 15 is 0 Å². The van der Waals surface area contributed by atoms with Gasteiger partial charge in [-0.2, -0.15) is 0 Å². The summed E-state index contributed by atoms with van der Waals surface area (Å²) in [7, 11) is 0. The summed E-state index contributed by atoms with van der Waals surface area (Å²) >= 11 is 0. The molecule has 0 saturated carbocycles. The summed E-state index contributed by atoms with van der Waals surface area (Å²) in [5, 5.41) is 9.66. The molecule has 1 heterocycles. The highest BCUT2D eigenvalue weighted by atomic mass is 16.8. The first-order chi connectivity index (χ1) is 8.48. The number of hydrogen-bond donors (Lipinski definition) is 1. The van der Waals surface area contributed by atoms with E-state index < -0.39 is 17.7 Å². The standard InChI is InChI=1S/C14H14O4/c1-14(2)17-12(15)11(13(16)18-14)9-8-10-6-4-3-5-7-10/h3-9,15H,1-2H3/b9-8+. The minimum Gasteiger partial charge on any atom is -0.480 e. The van der Waals surface area contributed by atoms with E-state index in [-0.39, 0.29) is 5.57 Å². The average molecular weight is 246 g/mol. The first-order valence-corrected chi connectivity index (χ1v) is 5.57. The van der Waals surface area contributed by atoms with E-state index in [2.05, 4.69) is 0 Å². The van der Waals surface area contributed by atoms with Gasteiger partial charge in [0.25, 0.3) is 11.7 Å². The average Bonchev–Trinajstić information content (AvgIpc) is 2.27. The molecule has 0 spiro atoms. The van der Waals surface area contributed by atoms with E-state index in [1.54, 1.807) is 19.9 Å². The van der Waals surface area contributed by atoms with Gasteiger partial charge in [-0.25, -0.2) is 4.79 Å². The second kappa shape index (κ2) is 4.56. The van der Waals surface area contributed by atoms with Crippen LogP contribution in [0.15, 0.2) is 47.9 Å². The quantitative estimate of drug-likeness (QED) is 0.815. The van der Waals surface area contributed by atoms with Crippen LogP contribution in [0.4, 0.5) is 0 Å². The second-order valence-electron chi connectivity index (χ2n) is 4.35. The van der Waals surface area contributed by atoms with Gasteiger partial charge in [-0.15, -0.1) is 0 Å². The van der Waals surface area contributed by atoms with Crippen molar-refractivity contribution in [2.45, 2.75) is 19.6 Å². The number of rotatable bonds is 2. The Hall–Kier alpha value is -2.23. The van der Waals surface area contributed by atoms with Crippen molar-refractivity contribution in [2.24, 2.45) is 0 Å². The summed E-state index contributed by atoms with van der Waals surface area (Å²) in [6.07, 6.45) is 3.18. The molecule has 0 bridgehead atoms. The van der Waals surface area contributed by atoms with Crippen molar-refractivity contribution in [3.8, 4) is 0 Å². The number of cyclic esters (lactones) is 1. The molecule has 1 aromatic rings. The number of ether oxygens (including phenoxy) is 2. The lowest BCUT2D eigenvalue weighted by Crippen LogP contribution is -2.36. The Morgan fingerprint density at radius 3 is 2.39 bits per heavy atom. The Morgan fingerprint density at radius 2 is 1.78 bits per heavy atom. The van der Waals surface area contributed by atoms with Crippen LogP contribution < -0.4 is 0 Å². The van der Waals surface area contributed by atoms with Gasteiger partial charge in [0.2, 0.25) is 0 Å². The maximum atomic E-state index is 11.7. The monoisotopic (exact) mass is 246 g/mol. The van der Waals surface area contributed by atoms with Crippen LogP contribution in [0.3, 0.4) is 0 Å². The molecule has 4 heteroatoms. The van der Waals surface area contributed by atoms with Gasteiger partial charge >= 0.3 is 5.97 Å². The van der Waals surface area contributed by atoms with Gasteiger partial charge in [0.05, 0.1) is 0 Å². The second-order valence-corrected chi connectivity index (χ2v) is 4.35. The highest BCUT2D eigenvalue weighted by molar-refractivity contribution is 5.93. The van der Waals surface area contributed by atoms with E-state index in [0.29, 0.717) is 0 Å². The molecule has 2 rings (SSSR count). The zero-order chi connectivity index (χ0) is 13.2. The minimum atomic E-state index is -1.13. The summed E-state index contributed by atoms with van der Waals surface area (Å²) in [6, 6.07) is 9.42. The lowest BCUT2D eigenvalue weighted by atomic mass is 10.1. The van der Waals surface area contributed by atoms with Gasteiger partial charge in [-0.05, 0) is 11.6 Å². The molecule has 0 aliphatic carbocycles. The van der Waals surface area contributed by atoms with Crippen LogP contribution in [0.1, 0.15) is 19.4 Å². The fourth-order valence-electron chi connectivity index (χ4n) is 1.56. The van der Waals surface area contributed by atoms with Crippen molar-refractivity contribution >= 4 is 12.0 Å². The fourth-order valence-corrected chi connectivity index (χ4v) is 1.56. The fraction of sp³-hybridized carbons (Fsp3) is 0.214. The van der Waals surface area contributed by atoms with Crippen molar-refractivity contribution < 1.29 is 19.4 Å². The number of hydrogen-bond acceptors (Lipinski definition) is 4. The summed E-state index contributed by atoms with van der Waals surface area (Å²) in [6.45, 7) is 3.11. The van der Waals surface area contributed by atoms with E-state index in [1.807, 2.05) is 30.3 Å². The molecule has 94 valence electrons. The zero-order valence-electron chi connectivity index (χ0n) is 10.2. The third-order valence-electron chi connectivity index (χ3n) is 2.37. The molecule has 1 aliphatic rings. The van der Waals surface area contributed by atoms with E-state index in [0.717, 1.165) is 5.56 Å². The third kappa shape index (κ3) is 2.71. The van der Waals surface area contributed by atoms with E-state index in [4.69, 9.17) is 9.47 Å². The Balaban J connectivity index is 2.24. The number of benzene rings is 1. The largest absolute Gasteiger partial charge is 0.480 e. The number of esters is 1. The van der Waals surface area contributed by atoms with Gasteiger partial charge < -0.3 is 14.6 Å². The van der Waals surface area contributed by atoms with Crippen LogP contribution in [0, 0.1) is 0 Å². The van der Waals surface area contributed by atoms with E-state index in [1.165, 1.54) is 6.08 Å². The Kier molecular flexibility index (Phi) is 3.10. The van der Waals surface area contributed by atoms with Gasteiger partial charge in [-0.3, -0.25) is 0 Å². The van der Waals surface area contributed by atoms with Gasteiger partial charge in [0.1, 0.15) is 5.57 Å². The molecule has 0 atom stereocenters. The topological polar surface area (TPSA) is 55.8 Å². The number of carbonyl (C=O) groups is 1. The summed E-state index contributed by atoms with van der Waals surface area (Å²) in [5.74, 6) is -2.15. The van der Waals surface area contributed by atoms with Crippen LogP contribution in [0.2, 0.25) is 0 Å². The van der Waals surface area contributed by atoms with E-state index in [9.17, 15) is 9.90 Å². The van der Waals surface area contributed by atoms with Gasteiger partial charge in [0.15, 0.2) is 0 Å². The third-order valence-corrected chi connectivity index (χ3v) is 2.37. The smallest absolute Gasteiger partial charge is 0.348 e. The summed E-state index contributed by atoms with van der Waals surface area (Å²) in [5.41, 5.74) is 0.925. The van der Waals surface area contributed by atoms with Gasteiger partial charge in [0, 0.05) is 13.8 Å². The first-order valence-electron chi connectivity index (χ1n) is 5.57. The number of aliphatic hydroxyl groups is 1. The molecule has 18 heavy (non-hydrogen) atoms. The minimum absolute atomic E-state index is 0.0122. The predicted octanol–water partition coefficient (Wildman–Crippen LogP) is 2.78. The van der Waals surface area contributed by atoms with Crippen molar-refractivity contribution in [1.29, 1.82) is 0 Å². The van der Waals surface area contributed by atoms with Crippen LogP contribution in [-0.2, 0) is 14.3 Å². The molecule has 4 nitrogen and oxygen atoms in total. The molecule has 0 fully saturated rings. The van der Waals surface area contributed by atoms with Crippen molar-refractivity contribution in [3.05, 3.63) is 53.5 Å². The van der Waals surface area contributed by atoms with Gasteiger partial charge in [-0.1, -0.05) is 36.4 Å². The molecule has 1 N–H and O–H groups in total. The van der Waals surface area contributed by atoms with Crippen molar-refractivity contribution in [2.75, 3.05) is 0 Å². The Bertz CT molecular complexity index is 512. The maximum absolute atomic E-state index is 11.7. The normalized spacial score (nSPS) is 18.7.